The third-order valence-corrected chi connectivity index (χ3v) is 14.0. The Morgan fingerprint density at radius 2 is 1.56 bits per heavy atom. The van der Waals surface area contributed by atoms with Crippen molar-refractivity contribution >= 4 is 45.4 Å². The molecular weight excluding hydrogens is 815 g/mol. The van der Waals surface area contributed by atoms with E-state index in [1.165, 1.54) is 24.3 Å². The van der Waals surface area contributed by atoms with Gasteiger partial charge in [-0.05, 0) is 87.9 Å². The second-order valence-corrected chi connectivity index (χ2v) is 18.4. The predicted octanol–water partition coefficient (Wildman–Crippen LogP) is 7.98. The first-order valence-electron chi connectivity index (χ1n) is 23.1. The lowest BCUT2D eigenvalue weighted by molar-refractivity contribution is -0.140. The molecule has 4 heterocycles. The lowest BCUT2D eigenvalue weighted by Gasteiger charge is -2.35. The van der Waals surface area contributed by atoms with Crippen molar-refractivity contribution in [2.75, 3.05) is 20.1 Å². The molecular formula is C48H63F4N7O4. The van der Waals surface area contributed by atoms with Gasteiger partial charge in [-0.25, -0.2) is 22.5 Å². The molecule has 63 heavy (non-hydrogen) atoms. The number of hydrogen-bond donors (Lipinski definition) is 3. The molecule has 2 aliphatic heterocycles. The number of likely N-dealkylation sites (tertiary alicyclic amines) is 2. The van der Waals surface area contributed by atoms with E-state index in [4.69, 9.17) is 4.98 Å². The Kier molecular flexibility index (Phi) is 14.6. The third-order valence-electron chi connectivity index (χ3n) is 14.0. The number of nitrogens with zero attached hydrogens (tertiary/aromatic N) is 4. The molecule has 7 rings (SSSR count). The first kappa shape index (κ1) is 46.2. The van der Waals surface area contributed by atoms with Crippen LogP contribution in [0.15, 0.2) is 36.4 Å². The van der Waals surface area contributed by atoms with Crippen LogP contribution >= 0.6 is 0 Å². The summed E-state index contributed by atoms with van der Waals surface area (Å²) < 4.78 is 62.9. The van der Waals surface area contributed by atoms with Gasteiger partial charge < -0.3 is 30.0 Å². The van der Waals surface area contributed by atoms with Crippen LogP contribution in [0.1, 0.15) is 104 Å². The van der Waals surface area contributed by atoms with E-state index in [9.17, 15) is 28.0 Å². The second kappa shape index (κ2) is 19.9. The van der Waals surface area contributed by atoms with Gasteiger partial charge in [0.25, 0.3) is 0 Å². The maximum atomic E-state index is 15.7. The monoisotopic (exact) mass is 877 g/mol. The lowest BCUT2D eigenvalue weighted by atomic mass is 9.83. The Labute approximate surface area is 367 Å². The molecule has 3 amide bonds. The minimum Gasteiger partial charge on any atom is -0.352 e. The second-order valence-electron chi connectivity index (χ2n) is 18.4. The number of imidazole rings is 1. The Balaban J connectivity index is 1.27. The molecule has 4 aromatic rings. The minimum absolute atomic E-state index is 0.0269. The van der Waals surface area contributed by atoms with Gasteiger partial charge in [0.1, 0.15) is 35.8 Å². The van der Waals surface area contributed by atoms with Gasteiger partial charge >= 0.3 is 0 Å². The van der Waals surface area contributed by atoms with Gasteiger partial charge in [0.15, 0.2) is 5.82 Å². The number of amides is 3. The van der Waals surface area contributed by atoms with Gasteiger partial charge in [0, 0.05) is 60.7 Å². The highest BCUT2D eigenvalue weighted by molar-refractivity contribution is 5.93. The van der Waals surface area contributed by atoms with Gasteiger partial charge in [-0.1, -0.05) is 46.5 Å². The number of carbonyl (C=O) groups is 4. The van der Waals surface area contributed by atoms with Crippen molar-refractivity contribution < 1.29 is 36.7 Å². The summed E-state index contributed by atoms with van der Waals surface area (Å²) in [5, 5.41) is 6.64. The molecule has 0 spiro atoms. The van der Waals surface area contributed by atoms with Gasteiger partial charge in [0.2, 0.25) is 17.7 Å². The molecule has 3 N–H and O–H groups in total. The van der Waals surface area contributed by atoms with Crippen molar-refractivity contribution in [2.24, 2.45) is 17.8 Å². The van der Waals surface area contributed by atoms with Crippen LogP contribution in [0.25, 0.3) is 33.5 Å². The van der Waals surface area contributed by atoms with Crippen LogP contribution in [0.2, 0.25) is 0 Å². The highest BCUT2D eigenvalue weighted by Crippen LogP contribution is 2.38. The molecule has 15 heteroatoms. The smallest absolute Gasteiger partial charge is 0.245 e. The number of benzene rings is 2. The van der Waals surface area contributed by atoms with Crippen molar-refractivity contribution in [1.82, 2.24) is 35.0 Å². The van der Waals surface area contributed by atoms with Crippen LogP contribution in [0.5, 0.6) is 0 Å². The van der Waals surface area contributed by atoms with E-state index < -0.39 is 54.1 Å². The number of likely N-dealkylation sites (N-methyl/N-ethyl adjacent to an activating group) is 1. The minimum atomic E-state index is -1.33. The molecule has 3 aliphatic rings. The predicted molar refractivity (Wildman–Crippen MR) is 235 cm³/mol. The molecule has 2 aromatic heterocycles. The van der Waals surface area contributed by atoms with E-state index in [0.717, 1.165) is 32.1 Å². The van der Waals surface area contributed by atoms with Crippen LogP contribution in [0.4, 0.5) is 17.6 Å². The number of alkyl halides is 2. The zero-order chi connectivity index (χ0) is 45.1. The van der Waals surface area contributed by atoms with Crippen LogP contribution in [-0.2, 0) is 32.1 Å². The summed E-state index contributed by atoms with van der Waals surface area (Å²) >= 11 is 0. The lowest BCUT2D eigenvalue weighted by Crippen LogP contribution is -2.55. The number of halogens is 4. The van der Waals surface area contributed by atoms with Gasteiger partial charge in [0.05, 0.1) is 41.9 Å². The summed E-state index contributed by atoms with van der Waals surface area (Å²) in [4.78, 5) is 66.7. The molecule has 2 saturated heterocycles. The summed E-state index contributed by atoms with van der Waals surface area (Å²) in [6.45, 7) is 7.23. The number of fused-ring (bicyclic) bond motifs is 2. The first-order valence-corrected chi connectivity index (χ1v) is 23.1. The van der Waals surface area contributed by atoms with E-state index >= 15 is 8.78 Å². The average molecular weight is 878 g/mol. The number of aromatic amines is 1. The molecule has 1 saturated carbocycles. The topological polar surface area (TPSA) is 132 Å². The van der Waals surface area contributed by atoms with Crippen LogP contribution in [-0.4, -0.2) is 104 Å². The number of hydrogen-bond acceptors (Lipinski definition) is 6. The molecule has 0 radical (unpaired) electrons. The maximum absolute atomic E-state index is 15.7. The molecule has 342 valence electrons. The van der Waals surface area contributed by atoms with Crippen molar-refractivity contribution in [3.05, 3.63) is 53.6 Å². The number of Topliss-reactive ketones (excluding diaryl/α,β-unsaturated/α-hetero) is 1. The van der Waals surface area contributed by atoms with E-state index in [1.807, 2.05) is 25.3 Å². The fourth-order valence-electron chi connectivity index (χ4n) is 10.2. The number of nitrogens with one attached hydrogen (secondary N) is 3. The summed E-state index contributed by atoms with van der Waals surface area (Å²) in [5.74, 6) is -2.62. The van der Waals surface area contributed by atoms with Gasteiger partial charge in [-0.2, -0.15) is 0 Å². The molecule has 2 aromatic carbocycles. The normalized spacial score (nSPS) is 22.7. The molecule has 11 nitrogen and oxygen atoms in total. The SMILES string of the molecule is CCC[C@H](CC(=O)[C@H](C)NC)C(=O)N1C[C@@H](F)C[C@H]1Cc1c(-c2nc3cc(F)ccc3n2C[C@@H]2C[C@H](F)CN2C(=O)[C@@H](NC(=O)[C@H](C)CC)C2CCCCC2)[nH]c2cc(F)ccc12. The Hall–Kier alpha value is -4.79. The summed E-state index contributed by atoms with van der Waals surface area (Å²) in [5.41, 5.74) is 2.34. The zero-order valence-corrected chi connectivity index (χ0v) is 37.2. The van der Waals surface area contributed by atoms with Gasteiger partial charge in [-0.15, -0.1) is 0 Å². The summed E-state index contributed by atoms with van der Waals surface area (Å²) in [7, 11) is 1.68. The van der Waals surface area contributed by atoms with Crippen molar-refractivity contribution in [1.29, 1.82) is 0 Å². The molecule has 3 fully saturated rings. The molecule has 0 unspecified atom stereocenters. The van der Waals surface area contributed by atoms with Crippen molar-refractivity contribution in [2.45, 2.75) is 148 Å². The highest BCUT2D eigenvalue weighted by Gasteiger charge is 2.43. The van der Waals surface area contributed by atoms with E-state index in [-0.39, 0.29) is 80.7 Å². The summed E-state index contributed by atoms with van der Waals surface area (Å²) in [6.07, 6.45) is 3.84. The number of rotatable bonds is 17. The van der Waals surface area contributed by atoms with E-state index in [1.54, 1.807) is 35.9 Å². The number of H-pyrrole nitrogens is 1. The molecule has 8 atom stereocenters. The van der Waals surface area contributed by atoms with Crippen LogP contribution < -0.4 is 10.6 Å². The fraction of sp³-hybridized carbons (Fsp3) is 0.604. The van der Waals surface area contributed by atoms with Crippen LogP contribution in [0, 0.1) is 29.4 Å². The van der Waals surface area contributed by atoms with E-state index in [2.05, 4.69) is 15.6 Å². The van der Waals surface area contributed by atoms with Crippen LogP contribution in [0.3, 0.4) is 0 Å². The fourth-order valence-corrected chi connectivity index (χ4v) is 10.2. The van der Waals surface area contributed by atoms with Crippen molar-refractivity contribution in [3.8, 4) is 11.5 Å². The molecule has 1 aliphatic carbocycles. The largest absolute Gasteiger partial charge is 0.352 e. The number of ketones is 1. The maximum Gasteiger partial charge on any atom is 0.245 e. The number of aromatic nitrogens is 3. The summed E-state index contributed by atoms with van der Waals surface area (Å²) in [6, 6.07) is 5.97. The first-order chi connectivity index (χ1) is 30.2. The standard InChI is InChI=1S/C48H63F4N7O4/c1-6-11-30(18-42(60)28(4)53-5)47(62)57-24-33(51)19-35(57)23-38-37-16-14-31(49)21-39(37)54-44(38)45-55-40-22-32(50)15-17-41(40)59(45)26-36-20-34(52)25-58(36)48(63)43(29-12-9-8-10-13-29)56-46(61)27(3)7-2/h14-17,21-22,27-30,33-36,43,53-54H,6-13,18-20,23-26H2,1-5H3,(H,56,61)/t27-,28+,30-,33+,34+,35+,36+,43+/m1/s1. The highest BCUT2D eigenvalue weighted by atomic mass is 19.1. The van der Waals surface area contributed by atoms with Gasteiger partial charge in [-0.3, -0.25) is 19.2 Å². The quantitative estimate of drug-likeness (QED) is 0.0923. The average Bonchev–Trinajstić information content (AvgIpc) is 4.03. The zero-order valence-electron chi connectivity index (χ0n) is 37.2. The molecule has 0 bridgehead atoms. The third kappa shape index (κ3) is 9.98. The number of carbonyl (C=O) groups excluding carboxylic acids is 4. The Morgan fingerprint density at radius 3 is 2.24 bits per heavy atom. The van der Waals surface area contributed by atoms with E-state index in [0.29, 0.717) is 58.3 Å². The van der Waals surface area contributed by atoms with Crippen molar-refractivity contribution in [3.63, 3.8) is 0 Å². The Morgan fingerprint density at radius 1 is 0.889 bits per heavy atom. The Bertz CT molecular complexity index is 2290.